The maximum absolute atomic E-state index is 12.6. The first-order valence-electron chi connectivity index (χ1n) is 9.10. The monoisotopic (exact) mass is 394 g/mol. The van der Waals surface area contributed by atoms with E-state index in [0.717, 1.165) is 5.69 Å². The zero-order chi connectivity index (χ0) is 20.8. The molecule has 2 heterocycles. The predicted octanol–water partition coefficient (Wildman–Crippen LogP) is 3.06. The first-order valence-corrected chi connectivity index (χ1v) is 9.10. The zero-order valence-corrected chi connectivity index (χ0v) is 16.2. The maximum Gasteiger partial charge on any atom is 0.306 e. The number of aromatic hydroxyl groups is 1. The Bertz CT molecular complexity index is 1050. The third-order valence-electron chi connectivity index (χ3n) is 4.53. The normalized spacial score (nSPS) is 11.7. The summed E-state index contributed by atoms with van der Waals surface area (Å²) in [6, 6.07) is 14.1. The van der Waals surface area contributed by atoms with E-state index in [0.29, 0.717) is 17.0 Å². The molecule has 0 bridgehead atoms. The van der Waals surface area contributed by atoms with Crippen molar-refractivity contribution >= 4 is 5.97 Å². The van der Waals surface area contributed by atoms with E-state index in [1.54, 1.807) is 37.4 Å². The maximum atomic E-state index is 12.6. The van der Waals surface area contributed by atoms with Crippen LogP contribution in [0.4, 0.5) is 0 Å². The summed E-state index contributed by atoms with van der Waals surface area (Å²) in [7, 11) is 1.28. The van der Waals surface area contributed by atoms with Crippen molar-refractivity contribution in [2.75, 3.05) is 7.11 Å². The van der Waals surface area contributed by atoms with Gasteiger partial charge in [-0.25, -0.2) is 0 Å². The second-order valence-corrected chi connectivity index (χ2v) is 6.56. The highest BCUT2D eigenvalue weighted by molar-refractivity contribution is 5.72. The molecule has 0 aliphatic heterocycles. The topological polar surface area (TPSA) is 102 Å². The number of para-hydroxylation sites is 1. The Labute approximate surface area is 168 Å². The zero-order valence-electron chi connectivity index (χ0n) is 16.2. The van der Waals surface area contributed by atoms with Crippen molar-refractivity contribution in [2.24, 2.45) is 0 Å². The number of H-pyrrole nitrogens is 1. The van der Waals surface area contributed by atoms with Crippen molar-refractivity contribution in [3.05, 3.63) is 87.6 Å². The number of carbonyl (C=O) groups is 1. The molecule has 3 aromatic rings. The largest absolute Gasteiger partial charge is 0.507 e. The number of rotatable bonds is 7. The number of hydrogen-bond acceptors (Lipinski definition) is 6. The standard InChI is InChI=1S/C22H22N2O5/c1-14-11-18(25)21(22(27)24-14)17(12-20(26)28-2)16-8-3-4-9-19(16)29-13-15-7-5-6-10-23-15/h3-11,17H,12-13H2,1-2H3,(H2,24,25,27). The lowest BCUT2D eigenvalue weighted by Gasteiger charge is -2.20. The van der Waals surface area contributed by atoms with E-state index in [2.05, 4.69) is 9.97 Å². The third-order valence-corrected chi connectivity index (χ3v) is 4.53. The molecule has 0 spiro atoms. The number of hydrogen-bond donors (Lipinski definition) is 2. The molecule has 0 saturated carbocycles. The average molecular weight is 394 g/mol. The number of methoxy groups -OCH3 is 1. The van der Waals surface area contributed by atoms with E-state index in [1.807, 2.05) is 18.2 Å². The summed E-state index contributed by atoms with van der Waals surface area (Å²) in [6.07, 6.45) is 1.55. The van der Waals surface area contributed by atoms with Gasteiger partial charge in [0.1, 0.15) is 18.1 Å². The Kier molecular flexibility index (Phi) is 6.29. The van der Waals surface area contributed by atoms with Crippen LogP contribution in [-0.2, 0) is 16.1 Å². The second-order valence-electron chi connectivity index (χ2n) is 6.56. The molecule has 7 nitrogen and oxygen atoms in total. The number of carbonyl (C=O) groups excluding carboxylic acids is 1. The lowest BCUT2D eigenvalue weighted by molar-refractivity contribution is -0.140. The number of esters is 1. The molecule has 0 amide bonds. The number of nitrogens with one attached hydrogen (secondary N) is 1. The van der Waals surface area contributed by atoms with Gasteiger partial charge in [-0.1, -0.05) is 24.3 Å². The summed E-state index contributed by atoms with van der Waals surface area (Å²) < 4.78 is 10.7. The third kappa shape index (κ3) is 4.82. The molecule has 2 aromatic heterocycles. The molecule has 0 fully saturated rings. The van der Waals surface area contributed by atoms with Gasteiger partial charge in [-0.2, -0.15) is 0 Å². The van der Waals surface area contributed by atoms with Crippen LogP contribution in [0.15, 0.2) is 59.5 Å². The quantitative estimate of drug-likeness (QED) is 0.597. The molecule has 0 aliphatic carbocycles. The smallest absolute Gasteiger partial charge is 0.306 e. The van der Waals surface area contributed by atoms with Crippen molar-refractivity contribution in [3.8, 4) is 11.5 Å². The van der Waals surface area contributed by atoms with Crippen LogP contribution in [0.25, 0.3) is 0 Å². The van der Waals surface area contributed by atoms with Gasteiger partial charge in [0.2, 0.25) is 0 Å². The predicted molar refractivity (Wildman–Crippen MR) is 107 cm³/mol. The number of ether oxygens (including phenoxy) is 2. The van der Waals surface area contributed by atoms with Gasteiger partial charge >= 0.3 is 5.97 Å². The fourth-order valence-corrected chi connectivity index (χ4v) is 3.17. The first kappa shape index (κ1) is 20.1. The van der Waals surface area contributed by atoms with E-state index in [-0.39, 0.29) is 24.3 Å². The molecule has 29 heavy (non-hydrogen) atoms. The fraction of sp³-hybridized carbons (Fsp3) is 0.227. The highest BCUT2D eigenvalue weighted by Crippen LogP contribution is 2.37. The van der Waals surface area contributed by atoms with Crippen molar-refractivity contribution < 1.29 is 19.4 Å². The summed E-state index contributed by atoms with van der Waals surface area (Å²) in [6.45, 7) is 1.89. The summed E-state index contributed by atoms with van der Waals surface area (Å²) in [4.78, 5) is 31.6. The molecule has 0 aliphatic rings. The van der Waals surface area contributed by atoms with Crippen LogP contribution in [0.1, 0.15) is 34.9 Å². The van der Waals surface area contributed by atoms with Crippen LogP contribution in [0.3, 0.4) is 0 Å². The van der Waals surface area contributed by atoms with Crippen LogP contribution in [0, 0.1) is 6.92 Å². The van der Waals surface area contributed by atoms with E-state index in [4.69, 9.17) is 9.47 Å². The number of aromatic amines is 1. The van der Waals surface area contributed by atoms with E-state index in [9.17, 15) is 14.7 Å². The SMILES string of the molecule is COC(=O)CC(c1ccccc1OCc1ccccn1)c1c(O)cc(C)[nH]c1=O. The summed E-state index contributed by atoms with van der Waals surface area (Å²) >= 11 is 0. The summed E-state index contributed by atoms with van der Waals surface area (Å²) in [5, 5.41) is 10.5. The molecule has 1 aromatic carbocycles. The van der Waals surface area contributed by atoms with Gasteiger partial charge in [-0.3, -0.25) is 14.6 Å². The summed E-state index contributed by atoms with van der Waals surface area (Å²) in [5.41, 5.74) is 1.49. The van der Waals surface area contributed by atoms with Crippen molar-refractivity contribution in [1.82, 2.24) is 9.97 Å². The molecule has 0 radical (unpaired) electrons. The number of benzene rings is 1. The lowest BCUT2D eigenvalue weighted by Crippen LogP contribution is -2.21. The molecule has 1 atom stereocenters. The van der Waals surface area contributed by atoms with Crippen LogP contribution in [-0.4, -0.2) is 28.2 Å². The minimum Gasteiger partial charge on any atom is -0.507 e. The number of nitrogens with zero attached hydrogens (tertiary/aromatic N) is 1. The minimum absolute atomic E-state index is 0.0925. The average Bonchev–Trinajstić information content (AvgIpc) is 2.71. The number of aryl methyl sites for hydroxylation is 1. The number of pyridine rings is 2. The molecular formula is C22H22N2O5. The Hall–Kier alpha value is -3.61. The van der Waals surface area contributed by atoms with Crippen LogP contribution in [0.5, 0.6) is 11.5 Å². The van der Waals surface area contributed by atoms with Gasteiger partial charge in [0.25, 0.3) is 5.56 Å². The highest BCUT2D eigenvalue weighted by atomic mass is 16.5. The first-order chi connectivity index (χ1) is 14.0. The Morgan fingerprint density at radius 1 is 1.21 bits per heavy atom. The van der Waals surface area contributed by atoms with Gasteiger partial charge in [0.05, 0.1) is 24.8 Å². The summed E-state index contributed by atoms with van der Waals surface area (Å²) in [5.74, 6) is -0.938. The van der Waals surface area contributed by atoms with Gasteiger partial charge < -0.3 is 19.6 Å². The molecular weight excluding hydrogens is 372 g/mol. The van der Waals surface area contributed by atoms with Crippen LogP contribution >= 0.6 is 0 Å². The minimum atomic E-state index is -0.744. The molecule has 0 saturated heterocycles. The van der Waals surface area contributed by atoms with Crippen LogP contribution in [0.2, 0.25) is 0 Å². The molecule has 1 unspecified atom stereocenters. The Morgan fingerprint density at radius 3 is 2.66 bits per heavy atom. The van der Waals surface area contributed by atoms with Gasteiger partial charge in [-0.05, 0) is 31.2 Å². The molecule has 3 rings (SSSR count). The van der Waals surface area contributed by atoms with Gasteiger partial charge in [-0.15, -0.1) is 0 Å². The van der Waals surface area contributed by atoms with Crippen molar-refractivity contribution in [3.63, 3.8) is 0 Å². The fourth-order valence-electron chi connectivity index (χ4n) is 3.17. The Morgan fingerprint density at radius 2 is 1.97 bits per heavy atom. The molecule has 2 N–H and O–H groups in total. The second kappa shape index (κ2) is 9.05. The van der Waals surface area contributed by atoms with E-state index in [1.165, 1.54) is 13.2 Å². The van der Waals surface area contributed by atoms with E-state index >= 15 is 0 Å². The number of aromatic nitrogens is 2. The molecule has 7 heteroatoms. The van der Waals surface area contributed by atoms with Gasteiger partial charge in [0.15, 0.2) is 0 Å². The van der Waals surface area contributed by atoms with Crippen molar-refractivity contribution in [1.29, 1.82) is 0 Å². The van der Waals surface area contributed by atoms with Crippen LogP contribution < -0.4 is 10.3 Å². The van der Waals surface area contributed by atoms with E-state index < -0.39 is 17.4 Å². The van der Waals surface area contributed by atoms with Gasteiger partial charge in [0, 0.05) is 23.4 Å². The van der Waals surface area contributed by atoms with Crippen molar-refractivity contribution in [2.45, 2.75) is 25.9 Å². The highest BCUT2D eigenvalue weighted by Gasteiger charge is 2.27. The Balaban J connectivity index is 2.03. The lowest BCUT2D eigenvalue weighted by atomic mass is 9.88. The molecule has 150 valence electrons.